The van der Waals surface area contributed by atoms with Gasteiger partial charge in [0.25, 0.3) is 0 Å². The lowest BCUT2D eigenvalue weighted by atomic mass is 9.32. The summed E-state index contributed by atoms with van der Waals surface area (Å²) in [6.45, 7) is 21.4. The van der Waals surface area contributed by atoms with E-state index in [4.69, 9.17) is 4.74 Å². The Morgan fingerprint density at radius 2 is 1.69 bits per heavy atom. The quantitative estimate of drug-likeness (QED) is 0.213. The molecule has 2 aliphatic heterocycles. The van der Waals surface area contributed by atoms with Crippen molar-refractivity contribution in [3.8, 4) is 0 Å². The van der Waals surface area contributed by atoms with Gasteiger partial charge in [0.15, 0.2) is 9.84 Å². The van der Waals surface area contributed by atoms with Crippen LogP contribution in [0.2, 0.25) is 0 Å². The van der Waals surface area contributed by atoms with Crippen LogP contribution in [-0.4, -0.2) is 81.2 Å². The number of nitrogens with one attached hydrogen (secondary N) is 2. The second-order valence-corrected chi connectivity index (χ2v) is 22.3. The Morgan fingerprint density at radius 3 is 2.37 bits per heavy atom. The number of benzene rings is 1. The predicted octanol–water partition coefficient (Wildman–Crippen LogP) is 7.37. The van der Waals surface area contributed by atoms with Gasteiger partial charge in [0.1, 0.15) is 0 Å². The molecule has 0 amide bonds. The SMILES string of the molecule is CCC(C)C12NC1CC1(NCCN3CCS(=O)(=O)CC3)CCC3(C)C(CCC4C5(C)CC=C(c6ccc(C(=O)OC)cc6)C(C)(C)C5CCC43C)C12. The number of hydrogen-bond donors (Lipinski definition) is 2. The molecule has 7 nitrogen and oxygen atoms in total. The van der Waals surface area contributed by atoms with Crippen molar-refractivity contribution in [2.75, 3.05) is 44.8 Å². The molecular formula is C44H67N3O4S. The van der Waals surface area contributed by atoms with Crippen molar-refractivity contribution in [3.05, 3.63) is 41.5 Å². The zero-order chi connectivity index (χ0) is 37.1. The number of carbonyl (C=O) groups is 1. The highest BCUT2D eigenvalue weighted by atomic mass is 32.2. The molecule has 0 aromatic heterocycles. The number of ether oxygens (including phenoxy) is 1. The van der Waals surface area contributed by atoms with E-state index in [1.165, 1.54) is 69.6 Å². The van der Waals surface area contributed by atoms with Crippen LogP contribution in [0.4, 0.5) is 0 Å². The molecule has 2 saturated heterocycles. The van der Waals surface area contributed by atoms with Crippen LogP contribution >= 0.6 is 0 Å². The molecule has 4 saturated carbocycles. The molecule has 1 aromatic carbocycles. The van der Waals surface area contributed by atoms with Crippen LogP contribution in [-0.2, 0) is 14.6 Å². The summed E-state index contributed by atoms with van der Waals surface area (Å²) in [5, 5.41) is 8.48. The Labute approximate surface area is 314 Å². The number of sulfone groups is 1. The van der Waals surface area contributed by atoms with E-state index in [0.29, 0.717) is 76.6 Å². The van der Waals surface area contributed by atoms with Gasteiger partial charge in [-0.05, 0) is 120 Å². The van der Waals surface area contributed by atoms with Crippen LogP contribution in [0.15, 0.2) is 30.3 Å². The molecule has 7 aliphatic rings. The van der Waals surface area contributed by atoms with Crippen molar-refractivity contribution >= 4 is 21.4 Å². The largest absolute Gasteiger partial charge is 0.465 e. The van der Waals surface area contributed by atoms with Gasteiger partial charge < -0.3 is 20.3 Å². The summed E-state index contributed by atoms with van der Waals surface area (Å²) in [6.07, 6.45) is 14.0. The maximum Gasteiger partial charge on any atom is 0.337 e. The molecular weight excluding hydrogens is 667 g/mol. The highest BCUT2D eigenvalue weighted by Crippen LogP contribution is 2.78. The molecule has 0 radical (unpaired) electrons. The molecule has 288 valence electrons. The maximum absolute atomic E-state index is 12.2. The predicted molar refractivity (Wildman–Crippen MR) is 210 cm³/mol. The zero-order valence-electron chi connectivity index (χ0n) is 33.4. The molecule has 11 unspecified atom stereocenters. The Bertz CT molecular complexity index is 1710. The number of piperidine rings is 1. The second kappa shape index (κ2) is 12.4. The Hall–Kier alpha value is -1.74. The first-order valence-corrected chi connectivity index (χ1v) is 22.7. The number of fused-ring (bicyclic) bond motifs is 9. The van der Waals surface area contributed by atoms with Crippen molar-refractivity contribution in [3.63, 3.8) is 0 Å². The van der Waals surface area contributed by atoms with Gasteiger partial charge in [0.2, 0.25) is 0 Å². The summed E-state index contributed by atoms with van der Waals surface area (Å²) in [4.78, 5) is 14.5. The van der Waals surface area contributed by atoms with E-state index in [-0.39, 0.29) is 27.9 Å². The third kappa shape index (κ3) is 5.18. The van der Waals surface area contributed by atoms with E-state index < -0.39 is 9.84 Å². The van der Waals surface area contributed by atoms with Gasteiger partial charge in [-0.1, -0.05) is 73.1 Å². The van der Waals surface area contributed by atoms with Gasteiger partial charge >= 0.3 is 5.97 Å². The first-order valence-electron chi connectivity index (χ1n) is 20.9. The molecule has 11 atom stereocenters. The molecule has 8 heteroatoms. The molecule has 52 heavy (non-hydrogen) atoms. The van der Waals surface area contributed by atoms with Crippen molar-refractivity contribution < 1.29 is 17.9 Å². The number of esters is 1. The molecule has 6 fully saturated rings. The van der Waals surface area contributed by atoms with Crippen LogP contribution in [0.3, 0.4) is 0 Å². The van der Waals surface area contributed by atoms with E-state index >= 15 is 0 Å². The first-order chi connectivity index (χ1) is 24.5. The lowest BCUT2D eigenvalue weighted by Gasteiger charge is -2.72. The second-order valence-electron chi connectivity index (χ2n) is 20.0. The molecule has 2 N–H and O–H groups in total. The third-order valence-corrected chi connectivity index (χ3v) is 19.6. The van der Waals surface area contributed by atoms with Crippen LogP contribution in [0.25, 0.3) is 5.57 Å². The van der Waals surface area contributed by atoms with Gasteiger partial charge in [-0.3, -0.25) is 0 Å². The van der Waals surface area contributed by atoms with Gasteiger partial charge in [0, 0.05) is 49.2 Å². The fourth-order valence-corrected chi connectivity index (χ4v) is 16.3. The summed E-state index contributed by atoms with van der Waals surface area (Å²) in [6, 6.07) is 8.74. The lowest BCUT2D eigenvalue weighted by Crippen LogP contribution is -2.70. The molecule has 0 bridgehead atoms. The van der Waals surface area contributed by atoms with Crippen molar-refractivity contribution in [2.45, 2.75) is 123 Å². The average Bonchev–Trinajstić information content (AvgIpc) is 3.74. The van der Waals surface area contributed by atoms with Gasteiger partial charge in [-0.2, -0.15) is 0 Å². The molecule has 8 rings (SSSR count). The van der Waals surface area contributed by atoms with Gasteiger partial charge in [-0.25, -0.2) is 13.2 Å². The number of rotatable bonds is 8. The fraction of sp³-hybridized carbons (Fsp3) is 0.795. The van der Waals surface area contributed by atoms with Crippen LogP contribution in [0, 0.1) is 51.2 Å². The van der Waals surface area contributed by atoms with Crippen molar-refractivity contribution in [1.82, 2.24) is 15.5 Å². The van der Waals surface area contributed by atoms with Crippen molar-refractivity contribution in [2.24, 2.45) is 51.2 Å². The average molecular weight is 734 g/mol. The standard InChI is InChI=1S/C44H67N3O4S/c1-9-29(2)44-36(46-44)28-43(45-22-23-47-24-26-52(49,50)27-25-47)21-20-41(6)33(37(43)44)14-15-35-40(5)18-16-32(30-10-12-31(13-11-30)38(48)51-8)39(3,4)34(40)17-19-42(35,41)7/h10-13,16,29,33-37,45-46H,9,14-15,17-28H2,1-8H3. The normalized spacial score (nSPS) is 44.9. The van der Waals surface area contributed by atoms with E-state index in [0.717, 1.165) is 19.5 Å². The molecule has 1 aromatic rings. The smallest absolute Gasteiger partial charge is 0.337 e. The number of allylic oxidation sites excluding steroid dienone is 2. The summed E-state index contributed by atoms with van der Waals surface area (Å²) in [5.74, 6) is 3.62. The third-order valence-electron chi connectivity index (χ3n) is 18.0. The van der Waals surface area contributed by atoms with Crippen LogP contribution < -0.4 is 10.6 Å². The van der Waals surface area contributed by atoms with Gasteiger partial charge in [0.05, 0.1) is 24.2 Å². The molecule has 2 heterocycles. The number of carbonyl (C=O) groups excluding carboxylic acids is 1. The Kier molecular flexibility index (Phi) is 8.86. The zero-order valence-corrected chi connectivity index (χ0v) is 34.3. The van der Waals surface area contributed by atoms with Crippen LogP contribution in [0.5, 0.6) is 0 Å². The maximum atomic E-state index is 12.2. The summed E-state index contributed by atoms with van der Waals surface area (Å²) in [5.41, 5.74) is 4.59. The van der Waals surface area contributed by atoms with Gasteiger partial charge in [-0.15, -0.1) is 0 Å². The Balaban J connectivity index is 1.07. The highest BCUT2D eigenvalue weighted by Gasteiger charge is 2.79. The minimum atomic E-state index is -2.86. The highest BCUT2D eigenvalue weighted by molar-refractivity contribution is 7.91. The fourth-order valence-electron chi connectivity index (χ4n) is 15.0. The number of methoxy groups -OCH3 is 1. The minimum Gasteiger partial charge on any atom is -0.465 e. The van der Waals surface area contributed by atoms with Crippen LogP contribution in [0.1, 0.15) is 122 Å². The Morgan fingerprint density at radius 1 is 0.981 bits per heavy atom. The summed E-state index contributed by atoms with van der Waals surface area (Å²) < 4.78 is 29.2. The summed E-state index contributed by atoms with van der Waals surface area (Å²) in [7, 11) is -1.41. The monoisotopic (exact) mass is 733 g/mol. The van der Waals surface area contributed by atoms with E-state index in [2.05, 4.69) is 82.2 Å². The first kappa shape index (κ1) is 37.2. The van der Waals surface area contributed by atoms with E-state index in [9.17, 15) is 13.2 Å². The topological polar surface area (TPSA) is 97.6 Å². The molecule has 5 aliphatic carbocycles. The van der Waals surface area contributed by atoms with Crippen molar-refractivity contribution in [1.29, 1.82) is 0 Å². The number of nitrogens with zero attached hydrogens (tertiary/aromatic N) is 1. The minimum absolute atomic E-state index is 0.0419. The molecule has 0 spiro atoms. The number of hydrogen-bond acceptors (Lipinski definition) is 7. The summed E-state index contributed by atoms with van der Waals surface area (Å²) >= 11 is 0. The van der Waals surface area contributed by atoms with E-state index in [1.807, 2.05) is 12.1 Å². The van der Waals surface area contributed by atoms with E-state index in [1.54, 1.807) is 0 Å². The lowest BCUT2D eigenvalue weighted by molar-refractivity contribution is -0.222.